The molecule has 0 aromatic heterocycles. The lowest BCUT2D eigenvalue weighted by Gasteiger charge is -2.38. The Morgan fingerprint density at radius 1 is 1.24 bits per heavy atom. The van der Waals surface area contributed by atoms with Crippen LogP contribution >= 0.6 is 0 Å². The highest BCUT2D eigenvalue weighted by atomic mass is 19.1. The van der Waals surface area contributed by atoms with Gasteiger partial charge in [-0.05, 0) is 43.9 Å². The van der Waals surface area contributed by atoms with E-state index in [1.807, 2.05) is 12.1 Å². The van der Waals surface area contributed by atoms with Crippen LogP contribution in [0.25, 0.3) is 0 Å². The fourth-order valence-electron chi connectivity index (χ4n) is 2.75. The molecule has 1 saturated heterocycles. The maximum atomic E-state index is 14.0. The molecule has 2 rings (SSSR count). The van der Waals surface area contributed by atoms with E-state index in [1.165, 1.54) is 0 Å². The first-order chi connectivity index (χ1) is 8.28. The maximum absolute atomic E-state index is 14.0. The van der Waals surface area contributed by atoms with Crippen LogP contribution < -0.4 is 5.73 Å². The van der Waals surface area contributed by atoms with Crippen LogP contribution in [0, 0.1) is 5.82 Å². The lowest BCUT2D eigenvalue weighted by atomic mass is 9.71. The van der Waals surface area contributed by atoms with Crippen LogP contribution in [0.5, 0.6) is 0 Å². The highest BCUT2D eigenvalue weighted by Crippen LogP contribution is 2.39. The van der Waals surface area contributed by atoms with E-state index in [0.717, 1.165) is 44.5 Å². The summed E-state index contributed by atoms with van der Waals surface area (Å²) >= 11 is 0. The molecule has 1 aromatic rings. The summed E-state index contributed by atoms with van der Waals surface area (Å²) in [7, 11) is 0. The van der Waals surface area contributed by atoms with Gasteiger partial charge < -0.3 is 10.5 Å². The first-order valence-electron chi connectivity index (χ1n) is 6.31. The van der Waals surface area contributed by atoms with Gasteiger partial charge in [-0.2, -0.15) is 0 Å². The van der Waals surface area contributed by atoms with Crippen LogP contribution in [0.2, 0.25) is 0 Å². The Labute approximate surface area is 102 Å². The van der Waals surface area contributed by atoms with Gasteiger partial charge in [0.25, 0.3) is 0 Å². The molecule has 0 bridgehead atoms. The van der Waals surface area contributed by atoms with Crippen molar-refractivity contribution in [3.63, 3.8) is 0 Å². The first-order valence-corrected chi connectivity index (χ1v) is 6.31. The van der Waals surface area contributed by atoms with Crippen molar-refractivity contribution in [2.75, 3.05) is 19.8 Å². The van der Waals surface area contributed by atoms with Crippen LogP contribution in [0.15, 0.2) is 24.3 Å². The number of halogens is 1. The van der Waals surface area contributed by atoms with Gasteiger partial charge in [-0.15, -0.1) is 0 Å². The van der Waals surface area contributed by atoms with Gasteiger partial charge in [-0.3, -0.25) is 0 Å². The monoisotopic (exact) mass is 237 g/mol. The third kappa shape index (κ3) is 2.67. The molecule has 2 N–H and O–H groups in total. The maximum Gasteiger partial charge on any atom is 0.126 e. The molecule has 1 heterocycles. The smallest absolute Gasteiger partial charge is 0.126 e. The number of hydrogen-bond donors (Lipinski definition) is 1. The van der Waals surface area contributed by atoms with Crippen LogP contribution in [0.3, 0.4) is 0 Å². The van der Waals surface area contributed by atoms with Crippen LogP contribution in [0.4, 0.5) is 4.39 Å². The van der Waals surface area contributed by atoms with E-state index >= 15 is 0 Å². The lowest BCUT2D eigenvalue weighted by molar-refractivity contribution is 0.0450. The van der Waals surface area contributed by atoms with Crippen LogP contribution in [-0.4, -0.2) is 19.8 Å². The summed E-state index contributed by atoms with van der Waals surface area (Å²) in [6, 6.07) is 7.12. The minimum Gasteiger partial charge on any atom is -0.381 e. The second kappa shape index (κ2) is 5.61. The minimum atomic E-state index is -0.0913. The second-order valence-corrected chi connectivity index (χ2v) is 4.76. The molecule has 1 aromatic carbocycles. The van der Waals surface area contributed by atoms with Gasteiger partial charge in [0.1, 0.15) is 5.82 Å². The standard InChI is InChI=1S/C14H20FNO/c15-13-5-2-1-4-12(13)14(6-3-9-16)7-10-17-11-8-14/h1-2,4-5H,3,6-11,16H2. The fraction of sp³-hybridized carbons (Fsp3) is 0.571. The molecule has 94 valence electrons. The summed E-state index contributed by atoms with van der Waals surface area (Å²) in [4.78, 5) is 0. The Morgan fingerprint density at radius 2 is 1.94 bits per heavy atom. The molecule has 0 radical (unpaired) electrons. The first kappa shape index (κ1) is 12.5. The predicted molar refractivity (Wildman–Crippen MR) is 66.4 cm³/mol. The summed E-state index contributed by atoms with van der Waals surface area (Å²) in [5.41, 5.74) is 6.37. The summed E-state index contributed by atoms with van der Waals surface area (Å²) < 4.78 is 19.4. The number of hydrogen-bond acceptors (Lipinski definition) is 2. The summed E-state index contributed by atoms with van der Waals surface area (Å²) in [6.07, 6.45) is 3.68. The summed E-state index contributed by atoms with van der Waals surface area (Å²) in [5, 5.41) is 0. The Bertz CT molecular complexity index is 361. The molecule has 0 spiro atoms. The van der Waals surface area contributed by atoms with E-state index in [9.17, 15) is 4.39 Å². The molecular weight excluding hydrogens is 217 g/mol. The molecule has 0 saturated carbocycles. The van der Waals surface area contributed by atoms with E-state index < -0.39 is 0 Å². The minimum absolute atomic E-state index is 0.0665. The van der Waals surface area contributed by atoms with Crippen molar-refractivity contribution in [1.29, 1.82) is 0 Å². The normalized spacial score (nSPS) is 19.2. The second-order valence-electron chi connectivity index (χ2n) is 4.76. The average Bonchev–Trinajstić information content (AvgIpc) is 2.38. The Hall–Kier alpha value is -0.930. The molecule has 1 fully saturated rings. The summed E-state index contributed by atoms with van der Waals surface area (Å²) in [6.45, 7) is 2.11. The van der Waals surface area contributed by atoms with Gasteiger partial charge in [0.15, 0.2) is 0 Å². The molecule has 0 atom stereocenters. The highest BCUT2D eigenvalue weighted by Gasteiger charge is 2.35. The molecule has 17 heavy (non-hydrogen) atoms. The van der Waals surface area contributed by atoms with E-state index in [-0.39, 0.29) is 11.2 Å². The van der Waals surface area contributed by atoms with Crippen molar-refractivity contribution in [2.24, 2.45) is 5.73 Å². The van der Waals surface area contributed by atoms with E-state index in [4.69, 9.17) is 10.5 Å². The molecule has 1 aliphatic heterocycles. The quantitative estimate of drug-likeness (QED) is 0.873. The largest absolute Gasteiger partial charge is 0.381 e. The van der Waals surface area contributed by atoms with Crippen molar-refractivity contribution in [1.82, 2.24) is 0 Å². The number of nitrogens with two attached hydrogens (primary N) is 1. The fourth-order valence-corrected chi connectivity index (χ4v) is 2.75. The molecular formula is C14H20FNO. The number of rotatable bonds is 4. The average molecular weight is 237 g/mol. The van der Waals surface area contributed by atoms with Gasteiger partial charge in [0.05, 0.1) is 0 Å². The van der Waals surface area contributed by atoms with Gasteiger partial charge >= 0.3 is 0 Å². The molecule has 0 unspecified atom stereocenters. The van der Waals surface area contributed by atoms with E-state index in [0.29, 0.717) is 6.54 Å². The van der Waals surface area contributed by atoms with Crippen molar-refractivity contribution in [3.8, 4) is 0 Å². The molecule has 0 aliphatic carbocycles. The SMILES string of the molecule is NCCCC1(c2ccccc2F)CCOCC1. The zero-order chi connectivity index (χ0) is 12.1. The van der Waals surface area contributed by atoms with E-state index in [2.05, 4.69) is 0 Å². The number of ether oxygens (including phenoxy) is 1. The van der Waals surface area contributed by atoms with Crippen LogP contribution in [0.1, 0.15) is 31.2 Å². The lowest BCUT2D eigenvalue weighted by Crippen LogP contribution is -2.35. The Morgan fingerprint density at radius 3 is 2.59 bits per heavy atom. The summed E-state index contributed by atoms with van der Waals surface area (Å²) in [5.74, 6) is -0.0913. The number of benzene rings is 1. The third-order valence-corrected chi connectivity index (χ3v) is 3.75. The van der Waals surface area contributed by atoms with Crippen molar-refractivity contribution >= 4 is 0 Å². The molecule has 1 aliphatic rings. The molecule has 0 amide bonds. The topological polar surface area (TPSA) is 35.2 Å². The third-order valence-electron chi connectivity index (χ3n) is 3.75. The van der Waals surface area contributed by atoms with Crippen LogP contribution in [-0.2, 0) is 10.2 Å². The zero-order valence-corrected chi connectivity index (χ0v) is 10.1. The molecule has 2 nitrogen and oxygen atoms in total. The Kier molecular flexibility index (Phi) is 4.13. The predicted octanol–water partition coefficient (Wildman–Crippen LogP) is 2.61. The molecule has 3 heteroatoms. The Balaban J connectivity index is 2.28. The van der Waals surface area contributed by atoms with Gasteiger partial charge in [-0.1, -0.05) is 18.2 Å². The van der Waals surface area contributed by atoms with Gasteiger partial charge in [0, 0.05) is 18.6 Å². The van der Waals surface area contributed by atoms with Crippen molar-refractivity contribution in [3.05, 3.63) is 35.6 Å². The van der Waals surface area contributed by atoms with Gasteiger partial charge in [0.2, 0.25) is 0 Å². The zero-order valence-electron chi connectivity index (χ0n) is 10.1. The van der Waals surface area contributed by atoms with E-state index in [1.54, 1.807) is 12.1 Å². The van der Waals surface area contributed by atoms with Gasteiger partial charge in [-0.25, -0.2) is 4.39 Å². The van der Waals surface area contributed by atoms with Crippen molar-refractivity contribution in [2.45, 2.75) is 31.1 Å². The highest BCUT2D eigenvalue weighted by molar-refractivity contribution is 5.27. The van der Waals surface area contributed by atoms with Crippen molar-refractivity contribution < 1.29 is 9.13 Å².